The Labute approximate surface area is 161 Å². The highest BCUT2D eigenvalue weighted by Gasteiger charge is 2.36. The van der Waals surface area contributed by atoms with Crippen LogP contribution in [0.15, 0.2) is 28.7 Å². The monoisotopic (exact) mass is 373 g/mol. The number of nitrogens with zero attached hydrogens (tertiary/aromatic N) is 3. The van der Waals surface area contributed by atoms with E-state index < -0.39 is 0 Å². The Bertz CT molecular complexity index is 786. The number of hydrogen-bond donors (Lipinski definition) is 1. The van der Waals surface area contributed by atoms with Crippen LogP contribution in [0, 0.1) is 18.8 Å². The Hall–Kier alpha value is -1.89. The van der Waals surface area contributed by atoms with Crippen LogP contribution in [0.1, 0.15) is 16.1 Å². The van der Waals surface area contributed by atoms with Gasteiger partial charge in [-0.2, -0.15) is 0 Å². The molecule has 6 heteroatoms. The van der Waals surface area contributed by atoms with E-state index >= 15 is 0 Å². The fourth-order valence-corrected chi connectivity index (χ4v) is 3.91. The van der Waals surface area contributed by atoms with Crippen molar-refractivity contribution >= 4 is 16.9 Å². The molecule has 0 saturated carbocycles. The van der Waals surface area contributed by atoms with Gasteiger partial charge in [0, 0.05) is 50.6 Å². The van der Waals surface area contributed by atoms with Gasteiger partial charge in [0.1, 0.15) is 11.3 Å². The maximum absolute atomic E-state index is 13.1. The van der Waals surface area contributed by atoms with Gasteiger partial charge in [0.05, 0.1) is 5.56 Å². The van der Waals surface area contributed by atoms with Crippen molar-refractivity contribution in [3.05, 3.63) is 35.6 Å². The number of aryl methyl sites for hydroxylation is 1. The van der Waals surface area contributed by atoms with Gasteiger partial charge in [-0.1, -0.05) is 12.1 Å². The summed E-state index contributed by atoms with van der Waals surface area (Å²) in [7, 11) is 6.24. The molecule has 2 atom stereocenters. The zero-order chi connectivity index (χ0) is 19.6. The maximum atomic E-state index is 13.1. The average Bonchev–Trinajstić information content (AvgIpc) is 3.21. The van der Waals surface area contributed by atoms with E-state index in [1.54, 1.807) is 0 Å². The van der Waals surface area contributed by atoms with E-state index in [1.165, 1.54) is 0 Å². The summed E-state index contributed by atoms with van der Waals surface area (Å²) < 4.78 is 5.77. The Kier molecular flexibility index (Phi) is 6.19. The molecular formula is C21H31N3O3. The topological polar surface area (TPSA) is 60.2 Å². The second-order valence-corrected chi connectivity index (χ2v) is 8.06. The summed E-state index contributed by atoms with van der Waals surface area (Å²) in [5.41, 5.74) is 1.27. The van der Waals surface area contributed by atoms with Gasteiger partial charge >= 0.3 is 0 Å². The van der Waals surface area contributed by atoms with Crippen LogP contribution >= 0.6 is 0 Å². The molecule has 2 aromatic rings. The van der Waals surface area contributed by atoms with Crippen LogP contribution in [0.4, 0.5) is 0 Å². The lowest BCUT2D eigenvalue weighted by molar-refractivity contribution is 0.0780. The molecule has 3 rings (SSSR count). The molecule has 1 aromatic carbocycles. The van der Waals surface area contributed by atoms with E-state index in [0.717, 1.165) is 30.8 Å². The first-order valence-electron chi connectivity index (χ1n) is 9.61. The molecule has 1 aliphatic rings. The summed E-state index contributed by atoms with van der Waals surface area (Å²) in [6.07, 6.45) is 0. The van der Waals surface area contributed by atoms with Gasteiger partial charge in [-0.3, -0.25) is 4.79 Å². The van der Waals surface area contributed by atoms with Crippen molar-refractivity contribution < 1.29 is 14.3 Å². The van der Waals surface area contributed by atoms with Crippen LogP contribution in [-0.4, -0.2) is 86.2 Å². The molecule has 1 saturated heterocycles. The lowest BCUT2D eigenvalue weighted by atomic mass is 9.96. The Morgan fingerprint density at radius 2 is 1.96 bits per heavy atom. The molecule has 0 aliphatic carbocycles. The van der Waals surface area contributed by atoms with E-state index in [0.29, 0.717) is 24.2 Å². The minimum absolute atomic E-state index is 0.00755. The molecule has 2 heterocycles. The normalized spacial score (nSPS) is 20.3. The maximum Gasteiger partial charge on any atom is 0.257 e. The number of amides is 1. The summed E-state index contributed by atoms with van der Waals surface area (Å²) in [6, 6.07) is 7.65. The molecule has 27 heavy (non-hydrogen) atoms. The highest BCUT2D eigenvalue weighted by molar-refractivity contribution is 6.05. The largest absolute Gasteiger partial charge is 0.461 e. The summed E-state index contributed by atoms with van der Waals surface area (Å²) >= 11 is 0. The van der Waals surface area contributed by atoms with Crippen molar-refractivity contribution in [1.29, 1.82) is 0 Å². The average molecular weight is 373 g/mol. The number of carbonyl (C=O) groups excluding carboxylic acids is 1. The highest BCUT2D eigenvalue weighted by atomic mass is 16.3. The minimum Gasteiger partial charge on any atom is -0.461 e. The zero-order valence-corrected chi connectivity index (χ0v) is 16.8. The molecule has 1 amide bonds. The van der Waals surface area contributed by atoms with Crippen molar-refractivity contribution in [2.24, 2.45) is 11.8 Å². The van der Waals surface area contributed by atoms with Gasteiger partial charge in [-0.05, 0) is 46.1 Å². The number of rotatable bonds is 7. The SMILES string of the molecule is Cc1cc2cccc(C(=O)N3C[C@@H](CN(C)CCN(C)C)[C@@H](CO)C3)c2o1. The lowest BCUT2D eigenvalue weighted by Crippen LogP contribution is -2.35. The van der Waals surface area contributed by atoms with Gasteiger partial charge in [0.2, 0.25) is 0 Å². The predicted molar refractivity (Wildman–Crippen MR) is 107 cm³/mol. The van der Waals surface area contributed by atoms with Crippen LogP contribution < -0.4 is 0 Å². The number of carbonyl (C=O) groups is 1. The molecule has 0 bridgehead atoms. The van der Waals surface area contributed by atoms with Crippen LogP contribution in [-0.2, 0) is 0 Å². The third-order valence-corrected chi connectivity index (χ3v) is 5.47. The fourth-order valence-electron chi connectivity index (χ4n) is 3.91. The Balaban J connectivity index is 1.71. The third-order valence-electron chi connectivity index (χ3n) is 5.47. The molecular weight excluding hydrogens is 342 g/mol. The molecule has 0 spiro atoms. The third kappa shape index (κ3) is 4.51. The predicted octanol–water partition coefficient (Wildman–Crippen LogP) is 1.92. The zero-order valence-electron chi connectivity index (χ0n) is 16.8. The lowest BCUT2D eigenvalue weighted by Gasteiger charge is -2.25. The first-order valence-corrected chi connectivity index (χ1v) is 9.61. The Morgan fingerprint density at radius 3 is 2.67 bits per heavy atom. The number of likely N-dealkylation sites (N-methyl/N-ethyl adjacent to an activating group) is 2. The number of para-hydroxylation sites is 1. The van der Waals surface area contributed by atoms with Crippen LogP contribution in [0.5, 0.6) is 0 Å². The van der Waals surface area contributed by atoms with Gasteiger partial charge in [-0.15, -0.1) is 0 Å². The number of furan rings is 1. The van der Waals surface area contributed by atoms with E-state index in [-0.39, 0.29) is 24.3 Å². The van der Waals surface area contributed by atoms with Crippen LogP contribution in [0.3, 0.4) is 0 Å². The number of likely N-dealkylation sites (tertiary alicyclic amines) is 1. The Morgan fingerprint density at radius 1 is 1.22 bits per heavy atom. The van der Waals surface area contributed by atoms with Gasteiger partial charge in [0.25, 0.3) is 5.91 Å². The molecule has 148 valence electrons. The van der Waals surface area contributed by atoms with Crippen molar-refractivity contribution in [1.82, 2.24) is 14.7 Å². The highest BCUT2D eigenvalue weighted by Crippen LogP contribution is 2.28. The van der Waals surface area contributed by atoms with Gasteiger partial charge in [-0.25, -0.2) is 0 Å². The van der Waals surface area contributed by atoms with Gasteiger partial charge < -0.3 is 24.2 Å². The first kappa shape index (κ1) is 19.9. The molecule has 1 aromatic heterocycles. The van der Waals surface area contributed by atoms with Crippen molar-refractivity contribution in [2.75, 3.05) is 60.5 Å². The van der Waals surface area contributed by atoms with Crippen LogP contribution in [0.25, 0.3) is 11.0 Å². The van der Waals surface area contributed by atoms with Crippen LogP contribution in [0.2, 0.25) is 0 Å². The summed E-state index contributed by atoms with van der Waals surface area (Å²) in [5.74, 6) is 1.20. The molecule has 1 N–H and O–H groups in total. The standard InChI is InChI=1S/C21H31N3O3/c1-15-10-16-6-5-7-19(20(16)27-15)21(26)24-12-17(18(13-24)14-25)11-23(4)9-8-22(2)3/h5-7,10,17-18,25H,8-9,11-14H2,1-4H3/t17-,18-/m1/s1. The van der Waals surface area contributed by atoms with Gasteiger partial charge in [0.15, 0.2) is 0 Å². The van der Waals surface area contributed by atoms with E-state index in [4.69, 9.17) is 4.42 Å². The summed E-state index contributed by atoms with van der Waals surface area (Å²) in [5, 5.41) is 10.8. The molecule has 0 unspecified atom stereocenters. The summed E-state index contributed by atoms with van der Waals surface area (Å²) in [4.78, 5) is 19.5. The van der Waals surface area contributed by atoms with E-state index in [2.05, 4.69) is 30.9 Å². The fraction of sp³-hybridized carbons (Fsp3) is 0.571. The second-order valence-electron chi connectivity index (χ2n) is 8.06. The number of hydrogen-bond acceptors (Lipinski definition) is 5. The van der Waals surface area contributed by atoms with E-state index in [1.807, 2.05) is 36.1 Å². The minimum atomic E-state index is -0.00755. The molecule has 1 fully saturated rings. The number of aliphatic hydroxyl groups excluding tert-OH is 1. The number of aliphatic hydroxyl groups is 1. The first-order chi connectivity index (χ1) is 12.9. The molecule has 1 aliphatic heterocycles. The van der Waals surface area contributed by atoms with Crippen molar-refractivity contribution in [3.63, 3.8) is 0 Å². The van der Waals surface area contributed by atoms with Crippen molar-refractivity contribution in [3.8, 4) is 0 Å². The number of fused-ring (bicyclic) bond motifs is 1. The summed E-state index contributed by atoms with van der Waals surface area (Å²) in [6.45, 7) is 6.12. The second kappa shape index (κ2) is 8.42. The van der Waals surface area contributed by atoms with E-state index in [9.17, 15) is 9.90 Å². The smallest absolute Gasteiger partial charge is 0.257 e. The van der Waals surface area contributed by atoms with Crippen molar-refractivity contribution in [2.45, 2.75) is 6.92 Å². The molecule has 0 radical (unpaired) electrons. The number of benzene rings is 1. The molecule has 6 nitrogen and oxygen atoms in total. The quantitative estimate of drug-likeness (QED) is 0.803.